The molecular weight excluding hydrogens is 1570 g/mol. The summed E-state index contributed by atoms with van der Waals surface area (Å²) >= 11 is 3.56. The molecule has 2 aromatic heterocycles. The lowest BCUT2D eigenvalue weighted by molar-refractivity contribution is 0.437. The minimum atomic E-state index is -0.543. The number of benzene rings is 18. The van der Waals surface area contributed by atoms with Crippen molar-refractivity contribution in [3.8, 4) is 73.2 Å². The molecule has 2 aliphatic heterocycles. The lowest BCUT2D eigenvalue weighted by Crippen LogP contribution is -2.32. The quantitative estimate of drug-likeness (QED) is 0.162. The first-order valence-electron chi connectivity index (χ1n) is 42.5. The number of nitrogens with one attached hydrogen (secondary N) is 1. The van der Waals surface area contributed by atoms with Crippen LogP contribution in [0.1, 0.15) is 94.5 Å². The Balaban J connectivity index is 0.000000118. The van der Waals surface area contributed by atoms with Crippen molar-refractivity contribution < 1.29 is 9.47 Å². The molecule has 0 amide bonds. The van der Waals surface area contributed by atoms with E-state index >= 15 is 0 Å². The van der Waals surface area contributed by atoms with Crippen LogP contribution < -0.4 is 19.3 Å². The largest absolute Gasteiger partial charge is 0.457 e. The molecule has 587 valence electrons. The molecule has 0 unspecified atom stereocenters. The summed E-state index contributed by atoms with van der Waals surface area (Å²) in [7, 11) is 0. The summed E-state index contributed by atoms with van der Waals surface area (Å²) in [6.45, 7) is 9.35. The van der Waals surface area contributed by atoms with Gasteiger partial charge in [-0.2, -0.15) is 0 Å². The van der Waals surface area contributed by atoms with E-state index in [1.165, 1.54) is 133 Å². The van der Waals surface area contributed by atoms with Gasteiger partial charge in [0.1, 0.15) is 23.0 Å². The summed E-state index contributed by atoms with van der Waals surface area (Å²) in [5, 5.41) is 4.78. The van der Waals surface area contributed by atoms with Gasteiger partial charge in [-0.3, -0.25) is 0 Å². The van der Waals surface area contributed by atoms with Crippen molar-refractivity contribution >= 4 is 102 Å². The molecule has 2 spiro atoms. The first-order valence-corrected chi connectivity index (χ1v) is 43.3. The molecule has 124 heavy (non-hydrogen) atoms. The maximum atomic E-state index is 6.94. The number of hydrogen-bond donors (Lipinski definition) is 1. The summed E-state index contributed by atoms with van der Waals surface area (Å²) in [5.74, 6) is 3.66. The lowest BCUT2D eigenvalue weighted by atomic mass is 9.66. The highest BCUT2D eigenvalue weighted by Crippen LogP contribution is 2.66. The third-order valence-corrected chi connectivity index (χ3v) is 27.8. The Kier molecular flexibility index (Phi) is 17.1. The van der Waals surface area contributed by atoms with Crippen LogP contribution in [-0.4, -0.2) is 18.0 Å². The maximum Gasteiger partial charge on any atom is 0.133 e. The Morgan fingerprint density at radius 3 is 1.06 bits per heavy atom. The van der Waals surface area contributed by atoms with Crippen molar-refractivity contribution in [1.29, 1.82) is 0 Å². The fourth-order valence-electron chi connectivity index (χ4n) is 21.8. The molecular formula is C116H81BBrN4O2. The average molecular weight is 1650 g/mol. The Bertz CT molecular complexity index is 7640. The zero-order chi connectivity index (χ0) is 82.0. The smallest absolute Gasteiger partial charge is 0.133 e. The van der Waals surface area contributed by atoms with Crippen LogP contribution in [0.15, 0.2) is 417 Å². The fourth-order valence-corrected chi connectivity index (χ4v) is 22.1. The summed E-state index contributed by atoms with van der Waals surface area (Å²) in [4.78, 5) is 8.36. The molecule has 0 saturated heterocycles. The molecule has 0 fully saturated rings. The molecule has 8 heteroatoms. The first kappa shape index (κ1) is 74.4. The number of ether oxygens (including phenoxy) is 2. The van der Waals surface area contributed by atoms with Crippen LogP contribution in [0, 0.1) is 0 Å². The molecule has 6 nitrogen and oxygen atoms in total. The molecule has 1 N–H and O–H groups in total. The minimum absolute atomic E-state index is 0. The van der Waals surface area contributed by atoms with Crippen molar-refractivity contribution in [1.82, 2.24) is 9.55 Å². The van der Waals surface area contributed by atoms with Gasteiger partial charge < -0.3 is 28.8 Å². The van der Waals surface area contributed by atoms with Crippen LogP contribution in [0.2, 0.25) is 0 Å². The van der Waals surface area contributed by atoms with E-state index in [1.54, 1.807) is 0 Å². The zero-order valence-electron chi connectivity index (χ0n) is 68.9. The van der Waals surface area contributed by atoms with Gasteiger partial charge in [-0.25, -0.2) is 0 Å². The van der Waals surface area contributed by atoms with Gasteiger partial charge in [-0.05, 0) is 235 Å². The summed E-state index contributed by atoms with van der Waals surface area (Å²) < 4.78 is 17.1. The van der Waals surface area contributed by atoms with Gasteiger partial charge in [0.25, 0.3) is 0 Å². The highest BCUT2D eigenvalue weighted by atomic mass is 79.9. The van der Waals surface area contributed by atoms with E-state index in [1.807, 2.05) is 0 Å². The third kappa shape index (κ3) is 10.9. The van der Waals surface area contributed by atoms with E-state index in [4.69, 9.17) is 9.47 Å². The number of anilines is 6. The Labute approximate surface area is 731 Å². The molecule has 0 atom stereocenters. The van der Waals surface area contributed by atoms with E-state index in [0.717, 1.165) is 89.2 Å². The maximum absolute atomic E-state index is 6.94. The van der Waals surface area contributed by atoms with Crippen molar-refractivity contribution in [3.05, 3.63) is 484 Å². The monoisotopic (exact) mass is 1650 g/mol. The van der Waals surface area contributed by atoms with Crippen molar-refractivity contribution in [2.45, 2.75) is 49.4 Å². The number of para-hydroxylation sites is 6. The summed E-state index contributed by atoms with van der Waals surface area (Å²) in [6, 6.07) is 150. The number of aromatic amines is 1. The summed E-state index contributed by atoms with van der Waals surface area (Å²) in [5.41, 5.74) is 37.4. The number of halogens is 1. The van der Waals surface area contributed by atoms with Gasteiger partial charge in [0.2, 0.25) is 0 Å². The number of nitrogens with zero attached hydrogens (tertiary/aromatic N) is 3. The van der Waals surface area contributed by atoms with E-state index in [9.17, 15) is 0 Å². The SMILES string of the molecule is CC1(C)c2ccccc2-c2ccc(N(c3ccccc3)c3ccc(-n4c5ccccc5c5cc6c(cc54)C4(c5ccccc5O6)c5ccccc5-c5ccccc54)cc3)cc21.CC1(C)c2ccccc2-c2ccc(N(c3ccccc3)c3ccc(Br)cc3)cc21.[B].c1ccc2c(c1)Oc1cc3c(cc1C21c2ccccc2-c2ccccc21)[nH]c1ccccc13. The fraction of sp³-hybridized carbons (Fsp3) is 0.0690. The zero-order valence-corrected chi connectivity index (χ0v) is 70.5. The molecule has 0 saturated carbocycles. The Morgan fingerprint density at radius 2 is 0.589 bits per heavy atom. The predicted octanol–water partition coefficient (Wildman–Crippen LogP) is 30.7. The second-order valence-electron chi connectivity index (χ2n) is 34.3. The van der Waals surface area contributed by atoms with E-state index < -0.39 is 10.8 Å². The molecule has 4 aliphatic carbocycles. The van der Waals surface area contributed by atoms with Gasteiger partial charge in [0.15, 0.2) is 0 Å². The van der Waals surface area contributed by atoms with Crippen LogP contribution in [0.5, 0.6) is 23.0 Å². The third-order valence-electron chi connectivity index (χ3n) is 27.2. The molecule has 3 radical (unpaired) electrons. The molecule has 6 aliphatic rings. The number of H-pyrrole nitrogens is 1. The molecule has 4 heterocycles. The van der Waals surface area contributed by atoms with Crippen LogP contribution in [0.3, 0.4) is 0 Å². The standard InChI is InChI=1S/C58H40N2O.C31H19NO.C27H22BrN.B/c1-57(2)47-22-10-6-18-41(47)44-33-32-40(34-51(44)57)59(37-16-4-3-5-17-37)38-28-30-39(31-29-38)60-53-26-14-9-21-45(53)46-35-56-52(36-54(46)60)58(50-25-13-15-27-55(50)61-56)48-23-11-7-19-42(48)43-20-8-12-24-49(43)58;1-4-12-23-19(9-1)20-10-2-5-13-24(20)31(23)25-14-6-8-16-29(25)33-30-17-22-21-11-3-7-15-27(21)32-28(22)18-26(30)31;1-27(2)25-11-7-6-10-23(25)24-17-16-22(18-26(24)27)29(20-8-4-3-5-9-20)21-14-12-19(28)13-15-21;/h3-36H,1-2H3;1-18,32H;3-18H,1-2H3;. The summed E-state index contributed by atoms with van der Waals surface area (Å²) in [6.07, 6.45) is 0. The van der Waals surface area contributed by atoms with Gasteiger partial charge in [-0.15, -0.1) is 0 Å². The molecule has 26 rings (SSSR count). The van der Waals surface area contributed by atoms with Gasteiger partial charge in [0, 0.05) is 118 Å². The predicted molar refractivity (Wildman–Crippen MR) is 516 cm³/mol. The highest BCUT2D eigenvalue weighted by molar-refractivity contribution is 9.10. The number of hydrogen-bond acceptors (Lipinski definition) is 4. The minimum Gasteiger partial charge on any atom is -0.457 e. The number of fused-ring (bicyclic) bond motifs is 30. The molecule has 18 aromatic carbocycles. The van der Waals surface area contributed by atoms with Crippen molar-refractivity contribution in [2.75, 3.05) is 9.80 Å². The second-order valence-corrected chi connectivity index (χ2v) is 35.2. The molecule has 20 aromatic rings. The Morgan fingerprint density at radius 1 is 0.242 bits per heavy atom. The van der Waals surface area contributed by atoms with Gasteiger partial charge in [0.05, 0.1) is 21.9 Å². The van der Waals surface area contributed by atoms with Crippen LogP contribution in [0.25, 0.3) is 93.8 Å². The molecule has 0 bridgehead atoms. The number of aromatic nitrogens is 2. The Hall–Kier alpha value is -14.7. The lowest BCUT2D eigenvalue weighted by Gasteiger charge is -2.39. The number of rotatable bonds is 7. The second kappa shape index (κ2) is 28.5. The van der Waals surface area contributed by atoms with E-state index in [-0.39, 0.29) is 19.2 Å². The van der Waals surface area contributed by atoms with Crippen molar-refractivity contribution in [2.24, 2.45) is 0 Å². The van der Waals surface area contributed by atoms with Crippen LogP contribution >= 0.6 is 15.9 Å². The average Bonchev–Trinajstić information content (AvgIpc) is 1.74. The topological polar surface area (TPSA) is 45.7 Å². The van der Waals surface area contributed by atoms with E-state index in [2.05, 4.69) is 475 Å². The first-order chi connectivity index (χ1) is 60.4. The van der Waals surface area contributed by atoms with Crippen LogP contribution in [0.4, 0.5) is 34.1 Å². The highest BCUT2D eigenvalue weighted by Gasteiger charge is 2.53. The van der Waals surface area contributed by atoms with Crippen LogP contribution in [-0.2, 0) is 21.7 Å². The van der Waals surface area contributed by atoms with E-state index in [0.29, 0.717) is 0 Å². The van der Waals surface area contributed by atoms with Crippen molar-refractivity contribution in [3.63, 3.8) is 0 Å². The normalized spacial score (nSPS) is 14.2. The van der Waals surface area contributed by atoms with Gasteiger partial charge in [-0.1, -0.05) is 311 Å². The van der Waals surface area contributed by atoms with Gasteiger partial charge >= 0.3 is 0 Å².